The van der Waals surface area contributed by atoms with E-state index >= 15 is 0 Å². The van der Waals surface area contributed by atoms with Gasteiger partial charge in [-0.1, -0.05) is 91.0 Å². The molecule has 0 aliphatic carbocycles. The third-order valence-electron chi connectivity index (χ3n) is 7.75. The summed E-state index contributed by atoms with van der Waals surface area (Å²) in [7, 11) is 0. The van der Waals surface area contributed by atoms with Crippen molar-refractivity contribution >= 4 is 0 Å². The molecule has 3 heteroatoms. The van der Waals surface area contributed by atoms with E-state index in [4.69, 9.17) is 13.9 Å². The first-order valence-electron chi connectivity index (χ1n) is 12.7. The fraction of sp³-hybridized carbons (Fsp3) is 0.0286. The topological polar surface area (TPSA) is 31.6 Å². The standard InChI is InChI=1S/C35H22O3/c1-2-8-23(9-3-1)24-14-16-29-33(20-24)37-31-12-6-4-10-27(31)35(29)28-11-5-7-13-32(28)38-34-21-25(15-17-30(34)35)26-18-19-36-22-26/h1-22H. The molecule has 0 amide bonds. The molecule has 0 fully saturated rings. The second-order valence-electron chi connectivity index (χ2n) is 9.75. The number of fused-ring (bicyclic) bond motifs is 8. The van der Waals surface area contributed by atoms with Crippen molar-refractivity contribution in [2.45, 2.75) is 5.41 Å². The Kier molecular flexibility index (Phi) is 4.44. The Balaban J connectivity index is 1.45. The molecular formula is C35H22O3. The highest BCUT2D eigenvalue weighted by molar-refractivity contribution is 5.79. The van der Waals surface area contributed by atoms with Gasteiger partial charge in [0.05, 0.1) is 17.9 Å². The van der Waals surface area contributed by atoms with Gasteiger partial charge in [0.1, 0.15) is 23.0 Å². The highest BCUT2D eigenvalue weighted by Gasteiger charge is 2.50. The molecular weight excluding hydrogens is 468 g/mol. The largest absolute Gasteiger partial charge is 0.472 e. The van der Waals surface area contributed by atoms with Crippen LogP contribution in [0.1, 0.15) is 22.3 Å². The van der Waals surface area contributed by atoms with E-state index in [1.54, 1.807) is 12.5 Å². The van der Waals surface area contributed by atoms with E-state index in [1.807, 2.05) is 24.3 Å². The fourth-order valence-corrected chi connectivity index (χ4v) is 6.09. The summed E-state index contributed by atoms with van der Waals surface area (Å²) < 4.78 is 18.6. The van der Waals surface area contributed by atoms with Crippen LogP contribution in [0.4, 0.5) is 0 Å². The number of benzene rings is 5. The molecule has 3 heterocycles. The van der Waals surface area contributed by atoms with Crippen LogP contribution in [0.2, 0.25) is 0 Å². The van der Waals surface area contributed by atoms with Gasteiger partial charge in [-0.15, -0.1) is 0 Å². The maximum absolute atomic E-state index is 6.63. The first kappa shape index (κ1) is 21.1. The van der Waals surface area contributed by atoms with Gasteiger partial charge in [0.15, 0.2) is 0 Å². The maximum Gasteiger partial charge on any atom is 0.132 e. The van der Waals surface area contributed by atoms with E-state index < -0.39 is 5.41 Å². The number of ether oxygens (including phenoxy) is 2. The second-order valence-corrected chi connectivity index (χ2v) is 9.75. The van der Waals surface area contributed by atoms with Crippen molar-refractivity contribution in [2.24, 2.45) is 0 Å². The zero-order valence-corrected chi connectivity index (χ0v) is 20.4. The number of hydrogen-bond acceptors (Lipinski definition) is 3. The van der Waals surface area contributed by atoms with Crippen molar-refractivity contribution < 1.29 is 13.9 Å². The third-order valence-corrected chi connectivity index (χ3v) is 7.75. The molecule has 6 aromatic rings. The molecule has 2 aliphatic rings. The molecule has 8 rings (SSSR count). The van der Waals surface area contributed by atoms with Gasteiger partial charge >= 0.3 is 0 Å². The molecule has 0 radical (unpaired) electrons. The molecule has 1 unspecified atom stereocenters. The van der Waals surface area contributed by atoms with Crippen molar-refractivity contribution in [3.8, 4) is 45.3 Å². The smallest absolute Gasteiger partial charge is 0.132 e. The van der Waals surface area contributed by atoms with Crippen molar-refractivity contribution in [2.75, 3.05) is 0 Å². The molecule has 38 heavy (non-hydrogen) atoms. The summed E-state index contributed by atoms with van der Waals surface area (Å²) in [5.41, 5.74) is 8.15. The molecule has 180 valence electrons. The Morgan fingerprint density at radius 3 is 1.50 bits per heavy atom. The van der Waals surface area contributed by atoms with Crippen LogP contribution in [0.3, 0.4) is 0 Å². The summed E-state index contributed by atoms with van der Waals surface area (Å²) in [5.74, 6) is 3.38. The van der Waals surface area contributed by atoms with E-state index in [0.717, 1.165) is 67.5 Å². The first-order valence-corrected chi connectivity index (χ1v) is 12.7. The summed E-state index contributed by atoms with van der Waals surface area (Å²) in [6.45, 7) is 0. The quantitative estimate of drug-likeness (QED) is 0.242. The van der Waals surface area contributed by atoms with Crippen molar-refractivity contribution in [3.63, 3.8) is 0 Å². The minimum Gasteiger partial charge on any atom is -0.472 e. The molecule has 5 aromatic carbocycles. The van der Waals surface area contributed by atoms with Crippen LogP contribution in [-0.2, 0) is 5.41 Å². The van der Waals surface area contributed by atoms with Gasteiger partial charge in [-0.25, -0.2) is 0 Å². The molecule has 1 atom stereocenters. The molecule has 0 N–H and O–H groups in total. The Bertz CT molecular complexity index is 1810. The van der Waals surface area contributed by atoms with Crippen molar-refractivity contribution in [1.82, 2.24) is 0 Å². The zero-order valence-electron chi connectivity index (χ0n) is 20.4. The van der Waals surface area contributed by atoms with E-state index in [0.29, 0.717) is 0 Å². The van der Waals surface area contributed by atoms with Gasteiger partial charge in [-0.05, 0) is 47.0 Å². The SMILES string of the molecule is c1ccc(-c2ccc3c(c2)Oc2ccccc2C32c3ccccc3Oc3cc(-c4ccoc4)ccc32)cc1. The second kappa shape index (κ2) is 7.99. The van der Waals surface area contributed by atoms with Gasteiger partial charge in [0, 0.05) is 27.8 Å². The van der Waals surface area contributed by atoms with E-state index in [-0.39, 0.29) is 0 Å². The van der Waals surface area contributed by atoms with Gasteiger partial charge in [-0.2, -0.15) is 0 Å². The van der Waals surface area contributed by atoms with E-state index in [9.17, 15) is 0 Å². The van der Waals surface area contributed by atoms with Crippen LogP contribution in [0.5, 0.6) is 23.0 Å². The number of para-hydroxylation sites is 2. The van der Waals surface area contributed by atoms with E-state index in [1.165, 1.54) is 0 Å². The third kappa shape index (κ3) is 2.90. The van der Waals surface area contributed by atoms with Gasteiger partial charge in [0.2, 0.25) is 0 Å². The van der Waals surface area contributed by atoms with Crippen LogP contribution in [0, 0.1) is 0 Å². The lowest BCUT2D eigenvalue weighted by atomic mass is 9.62. The minimum atomic E-state index is -0.599. The lowest BCUT2D eigenvalue weighted by Gasteiger charge is -2.45. The summed E-state index contributed by atoms with van der Waals surface area (Å²) in [6, 6.07) is 42.2. The van der Waals surface area contributed by atoms with Crippen LogP contribution in [-0.4, -0.2) is 0 Å². The summed E-state index contributed by atoms with van der Waals surface area (Å²) >= 11 is 0. The molecule has 1 spiro atoms. The lowest BCUT2D eigenvalue weighted by Crippen LogP contribution is -2.36. The Labute approximate surface area is 220 Å². The summed E-state index contributed by atoms with van der Waals surface area (Å²) in [5, 5.41) is 0. The lowest BCUT2D eigenvalue weighted by molar-refractivity contribution is 0.399. The highest BCUT2D eigenvalue weighted by atomic mass is 16.5. The van der Waals surface area contributed by atoms with Crippen LogP contribution in [0.25, 0.3) is 22.3 Å². The maximum atomic E-state index is 6.63. The first-order chi connectivity index (χ1) is 18.8. The summed E-state index contributed by atoms with van der Waals surface area (Å²) in [6.07, 6.45) is 3.46. The predicted octanol–water partition coefficient (Wildman–Crippen LogP) is 9.21. The molecule has 0 saturated heterocycles. The Hall–Kier alpha value is -5.02. The number of hydrogen-bond donors (Lipinski definition) is 0. The molecule has 0 saturated carbocycles. The fourth-order valence-electron chi connectivity index (χ4n) is 6.09. The van der Waals surface area contributed by atoms with Crippen LogP contribution < -0.4 is 9.47 Å². The normalized spacial score (nSPS) is 16.4. The van der Waals surface area contributed by atoms with Gasteiger partial charge in [-0.3, -0.25) is 0 Å². The van der Waals surface area contributed by atoms with Gasteiger partial charge < -0.3 is 13.9 Å². The molecule has 3 nitrogen and oxygen atoms in total. The van der Waals surface area contributed by atoms with E-state index in [2.05, 4.69) is 97.1 Å². The predicted molar refractivity (Wildman–Crippen MR) is 148 cm³/mol. The molecule has 1 aromatic heterocycles. The average molecular weight is 491 g/mol. The Morgan fingerprint density at radius 2 is 0.921 bits per heavy atom. The van der Waals surface area contributed by atoms with Gasteiger partial charge in [0.25, 0.3) is 0 Å². The number of rotatable bonds is 2. The highest BCUT2D eigenvalue weighted by Crippen LogP contribution is 2.61. The minimum absolute atomic E-state index is 0.599. The zero-order chi connectivity index (χ0) is 25.1. The van der Waals surface area contributed by atoms with Crippen molar-refractivity contribution in [3.05, 3.63) is 156 Å². The monoisotopic (exact) mass is 490 g/mol. The summed E-state index contributed by atoms with van der Waals surface area (Å²) in [4.78, 5) is 0. The average Bonchev–Trinajstić information content (AvgIpc) is 3.52. The number of furan rings is 1. The molecule has 0 bridgehead atoms. The molecule has 2 aliphatic heterocycles. The van der Waals surface area contributed by atoms with Crippen LogP contribution in [0.15, 0.2) is 138 Å². The van der Waals surface area contributed by atoms with Crippen molar-refractivity contribution in [1.29, 1.82) is 0 Å². The van der Waals surface area contributed by atoms with Crippen LogP contribution >= 0.6 is 0 Å². The Morgan fingerprint density at radius 1 is 0.395 bits per heavy atom.